The number of imidazole rings is 1. The van der Waals surface area contributed by atoms with E-state index >= 15 is 0 Å². The predicted molar refractivity (Wildman–Crippen MR) is 280 cm³/mol. The summed E-state index contributed by atoms with van der Waals surface area (Å²) >= 11 is 0. The molecule has 5 aliphatic rings. The van der Waals surface area contributed by atoms with E-state index in [2.05, 4.69) is 32.2 Å². The number of hydrogen-bond donors (Lipinski definition) is 9. The third-order valence-electron chi connectivity index (χ3n) is 13.3. The molecule has 7 heterocycles. The Morgan fingerprint density at radius 3 is 1.57 bits per heavy atom. The Morgan fingerprint density at radius 1 is 0.651 bits per heavy atom. The molecule has 2 amide bonds. The van der Waals surface area contributed by atoms with Crippen LogP contribution in [0.1, 0.15) is 79.4 Å². The number of phosphoric acid groups is 5. The van der Waals surface area contributed by atoms with Gasteiger partial charge >= 0.3 is 39.1 Å². The van der Waals surface area contributed by atoms with Crippen molar-refractivity contribution >= 4 is 67.9 Å². The van der Waals surface area contributed by atoms with Crippen LogP contribution >= 0.6 is 39.1 Å². The number of nitrogens with two attached hydrogens (primary N) is 1. The summed E-state index contributed by atoms with van der Waals surface area (Å²) in [7, 11) is -24.5. The number of aromatic nitrogens is 4. The van der Waals surface area contributed by atoms with Crippen LogP contribution in [-0.2, 0) is 102 Å². The maximum Gasteiger partial charge on any atom is 0.472 e. The number of nitrogens with one attached hydrogen (secondary N) is 2. The lowest BCUT2D eigenvalue weighted by molar-refractivity contribution is -0.137. The summed E-state index contributed by atoms with van der Waals surface area (Å²) in [5.41, 5.74) is 6.50. The number of nitrogen functional groups attached to an aromatic ring is 1. The SMILES string of the molecule is C=CC(OC1CC(n2cnc3c(N)ncnc32)OC1COP(=O)(O)O)C(=O)NCC1OC(C)CC1OP(=O)(O)OCC1OC(C)CC1OP(=O)(O)OCC1OC(C)CC1OP(=O)(O)OCC1OC(C)CC1OP(=O)(O)OCCCNC(C)=O. The molecule has 2 aromatic heterocycles. The Kier molecular flexibility index (Phi) is 23.8. The number of fused-ring (bicyclic) bond motifs is 1. The molecule has 40 heteroatoms. The molecule has 0 bridgehead atoms. The van der Waals surface area contributed by atoms with Gasteiger partial charge in [-0.05, 0) is 34.1 Å². The summed E-state index contributed by atoms with van der Waals surface area (Å²) in [6.07, 6.45) is -11.7. The van der Waals surface area contributed by atoms with Crippen molar-refractivity contribution in [1.29, 1.82) is 0 Å². The van der Waals surface area contributed by atoms with Crippen molar-refractivity contribution in [1.82, 2.24) is 30.2 Å². The predicted octanol–water partition coefficient (Wildman–Crippen LogP) is 2.11. The molecule has 20 atom stereocenters. The van der Waals surface area contributed by atoms with Crippen LogP contribution in [-0.4, -0.2) is 198 Å². The van der Waals surface area contributed by atoms with Gasteiger partial charge in [0.25, 0.3) is 5.91 Å². The number of ether oxygens (including phenoxy) is 6. The standard InChI is InChI=1S/C43H72N7O28P5/c1-7-28(73-29-15-39(74-35(29)17-65-79(53,54)55)50-22-49-40-41(44)47-21-48-42(40)50)43(52)46-16-34-30(11-23(2)69-34)75-81(58,59)66-19-37-32(13-25(4)71-37)77-83(62,63)68-20-38-33(14-26(5)72-38)78-82(60,61)67-18-36-31(12-24(3)70-36)76-80(56,57)64-10-8-9-45-27(6)51/h7,21-26,28-39H,1,8-20H2,2-6H3,(H,45,51)(H,46,52)(H,56,57)(H,58,59)(H,60,61)(H,62,63)(H2,44,47,48)(H2,53,54,55). The number of anilines is 1. The summed E-state index contributed by atoms with van der Waals surface area (Å²) in [5, 5.41) is 5.16. The average molecular weight is 1290 g/mol. The smallest absolute Gasteiger partial charge is 0.382 e. The fraction of sp³-hybridized carbons (Fsp3) is 0.791. The lowest BCUT2D eigenvalue weighted by Crippen LogP contribution is -2.44. The quantitative estimate of drug-likeness (QED) is 0.0288. The number of amides is 2. The fourth-order valence-corrected chi connectivity index (χ4v) is 13.9. The van der Waals surface area contributed by atoms with Gasteiger partial charge in [0.05, 0.1) is 76.0 Å². The minimum atomic E-state index is -5.02. The van der Waals surface area contributed by atoms with Crippen LogP contribution in [0, 0.1) is 0 Å². The maximum atomic E-state index is 13.6. The van der Waals surface area contributed by atoms with Gasteiger partial charge in [-0.25, -0.2) is 37.8 Å². The molecule has 0 saturated carbocycles. The second-order valence-corrected chi connectivity index (χ2v) is 27.1. The van der Waals surface area contributed by atoms with E-state index in [4.69, 9.17) is 74.9 Å². The number of carbonyl (C=O) groups is 2. The van der Waals surface area contributed by atoms with E-state index in [9.17, 15) is 61.8 Å². The maximum absolute atomic E-state index is 13.6. The van der Waals surface area contributed by atoms with Crippen LogP contribution in [0.15, 0.2) is 25.3 Å². The first-order valence-corrected chi connectivity index (χ1v) is 33.7. The van der Waals surface area contributed by atoms with Crippen molar-refractivity contribution in [2.24, 2.45) is 0 Å². The molecule has 0 aromatic carbocycles. The van der Waals surface area contributed by atoms with Crippen molar-refractivity contribution in [3.8, 4) is 0 Å². The zero-order chi connectivity index (χ0) is 60.7. The molecule has 2 aromatic rings. The first kappa shape index (κ1) is 67.8. The highest BCUT2D eigenvalue weighted by Gasteiger charge is 2.48. The van der Waals surface area contributed by atoms with Gasteiger partial charge in [-0.3, -0.25) is 54.9 Å². The topological polar surface area (TPSA) is 473 Å². The zero-order valence-electron chi connectivity index (χ0n) is 45.6. The molecule has 472 valence electrons. The summed E-state index contributed by atoms with van der Waals surface area (Å²) in [6.45, 7) is 8.57. The highest BCUT2D eigenvalue weighted by molar-refractivity contribution is 7.48. The molecule has 0 radical (unpaired) electrons. The molecule has 7 rings (SSSR count). The highest BCUT2D eigenvalue weighted by atomic mass is 31.2. The lowest BCUT2D eigenvalue weighted by Gasteiger charge is -2.26. The molecule has 5 aliphatic heterocycles. The average Bonchev–Trinajstić information content (AvgIpc) is 3.19. The van der Waals surface area contributed by atoms with Gasteiger partial charge in [-0.2, -0.15) is 0 Å². The Morgan fingerprint density at radius 2 is 1.10 bits per heavy atom. The van der Waals surface area contributed by atoms with Gasteiger partial charge in [0.15, 0.2) is 17.6 Å². The number of nitrogens with zero attached hydrogens (tertiary/aromatic N) is 4. The molecule has 35 nitrogen and oxygen atoms in total. The normalized spacial score (nSPS) is 33.6. The summed E-state index contributed by atoms with van der Waals surface area (Å²) in [6, 6.07) is 0. The van der Waals surface area contributed by atoms with Crippen LogP contribution in [0.4, 0.5) is 5.82 Å². The molecule has 83 heavy (non-hydrogen) atoms. The third-order valence-corrected chi connectivity index (χ3v) is 17.9. The van der Waals surface area contributed by atoms with Gasteiger partial charge < -0.3 is 74.1 Å². The van der Waals surface area contributed by atoms with E-state index < -0.39 is 169 Å². The zero-order valence-corrected chi connectivity index (χ0v) is 50.1. The van der Waals surface area contributed by atoms with Gasteiger partial charge in [0.2, 0.25) is 5.91 Å². The highest BCUT2D eigenvalue weighted by Crippen LogP contribution is 2.53. The minimum Gasteiger partial charge on any atom is -0.382 e. The molecule has 20 unspecified atom stereocenters. The van der Waals surface area contributed by atoms with Crippen molar-refractivity contribution in [3.05, 3.63) is 25.3 Å². The second-order valence-electron chi connectivity index (χ2n) is 20.2. The van der Waals surface area contributed by atoms with E-state index in [0.717, 1.165) is 0 Å². The second kappa shape index (κ2) is 29.1. The van der Waals surface area contributed by atoms with Crippen LogP contribution in [0.3, 0.4) is 0 Å². The first-order valence-electron chi connectivity index (χ1n) is 26.2. The van der Waals surface area contributed by atoms with E-state index in [1.54, 1.807) is 27.7 Å². The molecule has 10 N–H and O–H groups in total. The number of hydrogen-bond acceptors (Lipinski definition) is 26. The largest absolute Gasteiger partial charge is 0.472 e. The van der Waals surface area contributed by atoms with Gasteiger partial charge in [-0.1, -0.05) is 12.7 Å². The summed E-state index contributed by atoms with van der Waals surface area (Å²) in [4.78, 5) is 98.5. The molecule has 5 fully saturated rings. The van der Waals surface area contributed by atoms with Crippen molar-refractivity contribution < 1.29 is 131 Å². The lowest BCUT2D eigenvalue weighted by atomic mass is 10.1. The van der Waals surface area contributed by atoms with Crippen LogP contribution in [0.5, 0.6) is 0 Å². The van der Waals surface area contributed by atoms with Crippen molar-refractivity contribution in [2.75, 3.05) is 51.9 Å². The Bertz CT molecular complexity index is 2780. The van der Waals surface area contributed by atoms with Gasteiger partial charge in [0, 0.05) is 52.1 Å². The number of rotatable bonds is 32. The fourth-order valence-electron chi connectivity index (χ4n) is 9.70. The third kappa shape index (κ3) is 20.4. The monoisotopic (exact) mass is 1290 g/mol. The molecular weight excluding hydrogens is 1220 g/mol. The van der Waals surface area contributed by atoms with E-state index in [0.29, 0.717) is 5.65 Å². The van der Waals surface area contributed by atoms with Gasteiger partial charge in [0.1, 0.15) is 66.9 Å². The van der Waals surface area contributed by atoms with Crippen LogP contribution < -0.4 is 16.4 Å². The molecule has 0 spiro atoms. The van der Waals surface area contributed by atoms with Gasteiger partial charge in [-0.15, -0.1) is 0 Å². The molecule has 0 aliphatic carbocycles. The first-order chi connectivity index (χ1) is 38.9. The van der Waals surface area contributed by atoms with Crippen LogP contribution in [0.25, 0.3) is 11.2 Å². The van der Waals surface area contributed by atoms with Crippen molar-refractivity contribution in [2.45, 2.75) is 171 Å². The summed E-state index contributed by atoms with van der Waals surface area (Å²) in [5.74, 6) is -0.933. The number of carbonyl (C=O) groups excluding carboxylic acids is 2. The Labute approximate surface area is 475 Å². The molecule has 5 saturated heterocycles. The van der Waals surface area contributed by atoms with Crippen LogP contribution in [0.2, 0.25) is 0 Å². The molecular formula is C43H72N7O28P5. The van der Waals surface area contributed by atoms with E-state index in [-0.39, 0.29) is 75.5 Å². The van der Waals surface area contributed by atoms with E-state index in [1.807, 2.05) is 0 Å². The van der Waals surface area contributed by atoms with Crippen molar-refractivity contribution in [3.63, 3.8) is 0 Å². The Hall–Kier alpha value is -2.66. The Balaban J connectivity index is 0.863. The van der Waals surface area contributed by atoms with E-state index in [1.165, 1.54) is 30.2 Å². The number of phosphoric ester groups is 5. The summed E-state index contributed by atoms with van der Waals surface area (Å²) < 4.78 is 148. The minimum absolute atomic E-state index is 0.00143.